The maximum Gasteiger partial charge on any atom is 0.149 e. The van der Waals surface area contributed by atoms with Crippen LogP contribution >= 0.6 is 0 Å². The van der Waals surface area contributed by atoms with Gasteiger partial charge in [0.1, 0.15) is 30.4 Å². The van der Waals surface area contributed by atoms with Gasteiger partial charge in [-0.1, -0.05) is 18.2 Å². The number of nitrogens with zero attached hydrogens (tertiary/aromatic N) is 2. The number of hydrogen-bond acceptors (Lipinski definition) is 4. The molecule has 0 bridgehead atoms. The van der Waals surface area contributed by atoms with E-state index in [0.29, 0.717) is 13.2 Å². The zero-order chi connectivity index (χ0) is 13.9. The van der Waals surface area contributed by atoms with Crippen molar-refractivity contribution in [3.05, 3.63) is 47.5 Å². The van der Waals surface area contributed by atoms with Crippen LogP contribution in [0.1, 0.15) is 11.1 Å². The molecule has 0 aromatic heterocycles. The normalized spacial score (nSPS) is 23.4. The Hall–Kier alpha value is -2.62. The summed E-state index contributed by atoms with van der Waals surface area (Å²) in [6, 6.07) is 12.2. The Bertz CT molecular complexity index is 826. The second-order valence-electron chi connectivity index (χ2n) is 5.47. The van der Waals surface area contributed by atoms with E-state index in [1.54, 1.807) is 6.21 Å². The average molecular weight is 276 g/mol. The summed E-state index contributed by atoms with van der Waals surface area (Å²) in [5.74, 6) is 1.66. The van der Waals surface area contributed by atoms with Crippen LogP contribution in [0.25, 0.3) is 0 Å². The van der Waals surface area contributed by atoms with Gasteiger partial charge in [-0.3, -0.25) is 9.98 Å². The SMILES string of the molecule is C1=Nc2cc3c(cc2OC1)OCC31C=Nc2ccccc21. The highest BCUT2D eigenvalue weighted by atomic mass is 16.5. The van der Waals surface area contributed by atoms with Gasteiger partial charge >= 0.3 is 0 Å². The van der Waals surface area contributed by atoms with Crippen LogP contribution in [0.2, 0.25) is 0 Å². The molecule has 2 aromatic rings. The molecule has 1 atom stereocenters. The van der Waals surface area contributed by atoms with Gasteiger partial charge in [0.25, 0.3) is 0 Å². The molecule has 3 aliphatic heterocycles. The minimum Gasteiger partial charge on any atom is -0.491 e. The van der Waals surface area contributed by atoms with E-state index in [-0.39, 0.29) is 5.41 Å². The maximum atomic E-state index is 5.94. The Morgan fingerprint density at radius 1 is 0.905 bits per heavy atom. The molecule has 2 aromatic carbocycles. The molecule has 0 amide bonds. The van der Waals surface area contributed by atoms with Crippen molar-refractivity contribution >= 4 is 23.8 Å². The van der Waals surface area contributed by atoms with Crippen molar-refractivity contribution < 1.29 is 9.47 Å². The molecule has 102 valence electrons. The fourth-order valence-corrected chi connectivity index (χ4v) is 3.31. The van der Waals surface area contributed by atoms with E-state index in [0.717, 1.165) is 28.4 Å². The van der Waals surface area contributed by atoms with Crippen LogP contribution in [-0.4, -0.2) is 25.6 Å². The van der Waals surface area contributed by atoms with E-state index in [1.807, 2.05) is 30.5 Å². The predicted molar refractivity (Wildman–Crippen MR) is 81.0 cm³/mol. The third-order valence-corrected chi connectivity index (χ3v) is 4.35. The van der Waals surface area contributed by atoms with Crippen LogP contribution in [0.5, 0.6) is 11.5 Å². The lowest BCUT2D eigenvalue weighted by atomic mass is 9.78. The van der Waals surface area contributed by atoms with E-state index in [9.17, 15) is 0 Å². The smallest absolute Gasteiger partial charge is 0.149 e. The van der Waals surface area contributed by atoms with Crippen molar-refractivity contribution in [2.45, 2.75) is 5.41 Å². The Morgan fingerprint density at radius 3 is 2.86 bits per heavy atom. The first kappa shape index (κ1) is 11.1. The van der Waals surface area contributed by atoms with E-state index in [1.165, 1.54) is 5.56 Å². The van der Waals surface area contributed by atoms with Crippen LogP contribution in [0.4, 0.5) is 11.4 Å². The lowest BCUT2D eigenvalue weighted by Gasteiger charge is -2.21. The first-order valence-corrected chi connectivity index (χ1v) is 6.98. The quantitative estimate of drug-likeness (QED) is 0.741. The molecule has 0 saturated carbocycles. The van der Waals surface area contributed by atoms with Crippen LogP contribution < -0.4 is 9.47 Å². The van der Waals surface area contributed by atoms with Gasteiger partial charge in [-0.05, 0) is 17.7 Å². The van der Waals surface area contributed by atoms with Crippen molar-refractivity contribution in [2.24, 2.45) is 9.98 Å². The third kappa shape index (κ3) is 1.34. The number of ether oxygens (including phenoxy) is 2. The lowest BCUT2D eigenvalue weighted by Crippen LogP contribution is -2.28. The molecule has 0 N–H and O–H groups in total. The molecular weight excluding hydrogens is 264 g/mol. The fraction of sp³-hybridized carbons (Fsp3) is 0.176. The Kier molecular flexibility index (Phi) is 1.97. The first-order chi connectivity index (χ1) is 10.4. The number of hydrogen-bond donors (Lipinski definition) is 0. The minimum absolute atomic E-state index is 0.284. The van der Waals surface area contributed by atoms with Crippen molar-refractivity contribution in [2.75, 3.05) is 13.2 Å². The van der Waals surface area contributed by atoms with Gasteiger partial charge in [0.2, 0.25) is 0 Å². The molecule has 4 heteroatoms. The third-order valence-electron chi connectivity index (χ3n) is 4.35. The van der Waals surface area contributed by atoms with Gasteiger partial charge in [-0.2, -0.15) is 0 Å². The lowest BCUT2D eigenvalue weighted by molar-refractivity contribution is 0.324. The number of benzene rings is 2. The van der Waals surface area contributed by atoms with Crippen LogP contribution in [0.3, 0.4) is 0 Å². The molecule has 0 saturated heterocycles. The molecule has 5 rings (SSSR count). The summed E-state index contributed by atoms with van der Waals surface area (Å²) in [4.78, 5) is 9.00. The van der Waals surface area contributed by atoms with Crippen LogP contribution in [-0.2, 0) is 5.41 Å². The van der Waals surface area contributed by atoms with Crippen LogP contribution in [0.15, 0.2) is 46.4 Å². The summed E-state index contributed by atoms with van der Waals surface area (Å²) in [5.41, 5.74) is 3.92. The summed E-state index contributed by atoms with van der Waals surface area (Å²) in [7, 11) is 0. The maximum absolute atomic E-state index is 5.94. The average Bonchev–Trinajstić information content (AvgIpc) is 3.09. The van der Waals surface area contributed by atoms with Gasteiger partial charge in [-0.15, -0.1) is 0 Å². The van der Waals surface area contributed by atoms with Gasteiger partial charge in [0, 0.05) is 24.1 Å². The summed E-state index contributed by atoms with van der Waals surface area (Å²) in [6.45, 7) is 1.09. The van der Waals surface area contributed by atoms with Gasteiger partial charge in [0.05, 0.1) is 11.1 Å². The zero-order valence-electron chi connectivity index (χ0n) is 11.2. The van der Waals surface area contributed by atoms with Gasteiger partial charge in [0.15, 0.2) is 0 Å². The molecule has 1 spiro atoms. The number of para-hydroxylation sites is 1. The standard InChI is InChI=1S/C17H12N2O2/c1-2-4-13-11(3-1)17(9-19-13)10-21-15-8-16-14(7-12(15)17)18-5-6-20-16/h1-5,7-9H,6,10H2. The Morgan fingerprint density at radius 2 is 1.86 bits per heavy atom. The van der Waals surface area contributed by atoms with E-state index in [2.05, 4.69) is 22.1 Å². The van der Waals surface area contributed by atoms with Crippen molar-refractivity contribution in [1.29, 1.82) is 0 Å². The number of rotatable bonds is 0. The highest BCUT2D eigenvalue weighted by Crippen LogP contribution is 2.51. The predicted octanol–water partition coefficient (Wildman–Crippen LogP) is 3.18. The molecule has 4 nitrogen and oxygen atoms in total. The van der Waals surface area contributed by atoms with Gasteiger partial charge in [-0.25, -0.2) is 0 Å². The topological polar surface area (TPSA) is 43.2 Å². The van der Waals surface area contributed by atoms with Gasteiger partial charge < -0.3 is 9.47 Å². The summed E-state index contributed by atoms with van der Waals surface area (Å²) >= 11 is 0. The first-order valence-electron chi connectivity index (χ1n) is 6.98. The van der Waals surface area contributed by atoms with E-state index in [4.69, 9.17) is 9.47 Å². The second-order valence-corrected chi connectivity index (χ2v) is 5.47. The molecule has 0 radical (unpaired) electrons. The summed E-state index contributed by atoms with van der Waals surface area (Å²) in [5, 5.41) is 0. The molecule has 21 heavy (non-hydrogen) atoms. The molecule has 0 aliphatic carbocycles. The molecule has 0 fully saturated rings. The summed E-state index contributed by atoms with van der Waals surface area (Å²) in [6.07, 6.45) is 3.79. The largest absolute Gasteiger partial charge is 0.491 e. The molecule has 3 heterocycles. The van der Waals surface area contributed by atoms with Crippen molar-refractivity contribution in [3.63, 3.8) is 0 Å². The Balaban J connectivity index is 1.76. The molecular formula is C17H12N2O2. The van der Waals surface area contributed by atoms with E-state index >= 15 is 0 Å². The van der Waals surface area contributed by atoms with Crippen LogP contribution in [0, 0.1) is 0 Å². The van der Waals surface area contributed by atoms with Crippen molar-refractivity contribution in [3.8, 4) is 11.5 Å². The zero-order valence-corrected chi connectivity index (χ0v) is 11.2. The van der Waals surface area contributed by atoms with Crippen molar-refractivity contribution in [1.82, 2.24) is 0 Å². The highest BCUT2D eigenvalue weighted by Gasteiger charge is 2.45. The second kappa shape index (κ2) is 3.73. The number of aliphatic imine (C=N–C) groups is 2. The number of fused-ring (bicyclic) bond motifs is 5. The molecule has 3 aliphatic rings. The highest BCUT2D eigenvalue weighted by molar-refractivity contribution is 5.92. The summed E-state index contributed by atoms with van der Waals surface area (Å²) < 4.78 is 11.5. The molecule has 1 unspecified atom stereocenters. The Labute approximate surface area is 121 Å². The monoisotopic (exact) mass is 276 g/mol. The minimum atomic E-state index is -0.284. The fourth-order valence-electron chi connectivity index (χ4n) is 3.31. The van der Waals surface area contributed by atoms with E-state index < -0.39 is 0 Å².